The van der Waals surface area contributed by atoms with Crippen molar-refractivity contribution < 1.29 is 18.0 Å². The van der Waals surface area contributed by atoms with Crippen molar-refractivity contribution in [2.24, 2.45) is 5.92 Å². The zero-order valence-electron chi connectivity index (χ0n) is 23.2. The first-order valence-corrected chi connectivity index (χ1v) is 14.9. The van der Waals surface area contributed by atoms with Gasteiger partial charge < -0.3 is 10.2 Å². The van der Waals surface area contributed by atoms with E-state index in [0.717, 1.165) is 16.7 Å². The van der Waals surface area contributed by atoms with E-state index in [9.17, 15) is 18.0 Å². The zero-order chi connectivity index (χ0) is 27.6. The maximum atomic E-state index is 13.5. The molecular weight excluding hydrogens is 486 g/mol. The van der Waals surface area contributed by atoms with Gasteiger partial charge in [-0.3, -0.25) is 13.9 Å². The monoisotopic (exact) mass is 529 g/mol. The van der Waals surface area contributed by atoms with Crippen molar-refractivity contribution in [1.29, 1.82) is 0 Å². The van der Waals surface area contributed by atoms with Crippen molar-refractivity contribution in [3.8, 4) is 0 Å². The Balaban J connectivity index is 2.18. The van der Waals surface area contributed by atoms with Crippen LogP contribution in [-0.4, -0.2) is 57.1 Å². The lowest BCUT2D eigenvalue weighted by Crippen LogP contribution is -2.50. The van der Waals surface area contributed by atoms with Gasteiger partial charge >= 0.3 is 0 Å². The van der Waals surface area contributed by atoms with E-state index in [1.54, 1.807) is 4.90 Å². The summed E-state index contributed by atoms with van der Waals surface area (Å²) in [6.07, 6.45) is 2.83. The number of nitrogens with zero attached hydrogens (tertiary/aromatic N) is 2. The molecule has 0 heterocycles. The maximum absolute atomic E-state index is 13.5. The summed E-state index contributed by atoms with van der Waals surface area (Å²) in [4.78, 5) is 28.2. The van der Waals surface area contributed by atoms with Crippen molar-refractivity contribution in [2.45, 2.75) is 66.3 Å². The van der Waals surface area contributed by atoms with Crippen LogP contribution in [0.15, 0.2) is 48.5 Å². The van der Waals surface area contributed by atoms with Gasteiger partial charge in [0.1, 0.15) is 6.04 Å². The molecule has 0 saturated heterocycles. The van der Waals surface area contributed by atoms with E-state index in [4.69, 9.17) is 0 Å². The molecule has 2 rings (SSSR count). The Kier molecular flexibility index (Phi) is 11.6. The number of benzene rings is 2. The standard InChI is InChI=1S/C29H43N3O4S/c1-7-26(29(34)30-21-22(2)3)31(19-17-25-12-9-8-10-13-25)28(33)14-11-18-32(37(6,35)36)27-20-23(4)15-16-24(27)5/h8-10,12-13,15-16,20,22,26H,7,11,14,17-19,21H2,1-6H3,(H,30,34)/t26-/m1/s1. The normalized spacial score (nSPS) is 12.3. The smallest absolute Gasteiger partial charge is 0.242 e. The second-order valence-corrected chi connectivity index (χ2v) is 12.0. The molecule has 0 saturated carbocycles. The van der Waals surface area contributed by atoms with Gasteiger partial charge in [0.25, 0.3) is 0 Å². The Hall–Kier alpha value is -2.87. The first-order chi connectivity index (χ1) is 17.4. The van der Waals surface area contributed by atoms with Gasteiger partial charge in [-0.1, -0.05) is 63.2 Å². The summed E-state index contributed by atoms with van der Waals surface area (Å²) in [5.41, 5.74) is 3.56. The zero-order valence-corrected chi connectivity index (χ0v) is 24.0. The Labute approximate surface area is 223 Å². The minimum absolute atomic E-state index is 0.142. The first kappa shape index (κ1) is 30.4. The van der Waals surface area contributed by atoms with Crippen molar-refractivity contribution >= 4 is 27.5 Å². The van der Waals surface area contributed by atoms with E-state index in [2.05, 4.69) is 5.32 Å². The number of sulfonamides is 1. The summed E-state index contributed by atoms with van der Waals surface area (Å²) in [6, 6.07) is 15.0. The van der Waals surface area contributed by atoms with Gasteiger partial charge in [-0.05, 0) is 61.8 Å². The van der Waals surface area contributed by atoms with Crippen LogP contribution in [0.1, 0.15) is 56.7 Å². The maximum Gasteiger partial charge on any atom is 0.242 e. The lowest BCUT2D eigenvalue weighted by Gasteiger charge is -2.31. The lowest BCUT2D eigenvalue weighted by atomic mass is 10.1. The molecular formula is C29H43N3O4S. The second kappa shape index (κ2) is 14.2. The van der Waals surface area contributed by atoms with E-state index in [0.29, 0.717) is 44.0 Å². The summed E-state index contributed by atoms with van der Waals surface area (Å²) in [5, 5.41) is 2.97. The molecule has 1 N–H and O–H groups in total. The molecule has 7 nitrogen and oxygen atoms in total. The minimum atomic E-state index is -3.53. The summed E-state index contributed by atoms with van der Waals surface area (Å²) < 4.78 is 26.6. The molecule has 0 aliphatic heterocycles. The van der Waals surface area contributed by atoms with Crippen molar-refractivity contribution in [1.82, 2.24) is 10.2 Å². The number of carbonyl (C=O) groups excluding carboxylic acids is 2. The predicted octanol–water partition coefficient (Wildman–Crippen LogP) is 4.47. The molecule has 1 atom stereocenters. The molecule has 0 unspecified atom stereocenters. The Morgan fingerprint density at radius 1 is 1.00 bits per heavy atom. The van der Waals surface area contributed by atoms with Crippen LogP contribution < -0.4 is 9.62 Å². The van der Waals surface area contributed by atoms with Gasteiger partial charge in [-0.15, -0.1) is 0 Å². The third-order valence-electron chi connectivity index (χ3n) is 6.34. The highest BCUT2D eigenvalue weighted by atomic mass is 32.2. The molecule has 37 heavy (non-hydrogen) atoms. The fourth-order valence-corrected chi connectivity index (χ4v) is 5.30. The number of hydrogen-bond acceptors (Lipinski definition) is 4. The predicted molar refractivity (Wildman–Crippen MR) is 151 cm³/mol. The Morgan fingerprint density at radius 2 is 1.68 bits per heavy atom. The number of hydrogen-bond donors (Lipinski definition) is 1. The van der Waals surface area contributed by atoms with Crippen LogP contribution >= 0.6 is 0 Å². The Morgan fingerprint density at radius 3 is 2.27 bits per heavy atom. The average molecular weight is 530 g/mol. The first-order valence-electron chi connectivity index (χ1n) is 13.1. The summed E-state index contributed by atoms with van der Waals surface area (Å²) in [7, 11) is -3.53. The number of anilines is 1. The van der Waals surface area contributed by atoms with Gasteiger partial charge in [-0.2, -0.15) is 0 Å². The SMILES string of the molecule is CC[C@H](C(=O)NCC(C)C)N(CCc1ccccc1)C(=O)CCCN(c1cc(C)ccc1C)S(C)(=O)=O. The summed E-state index contributed by atoms with van der Waals surface area (Å²) in [5.74, 6) is 0.0182. The molecule has 2 aromatic carbocycles. The number of nitrogens with one attached hydrogen (secondary N) is 1. The van der Waals surface area contributed by atoms with Crippen LogP contribution in [0.25, 0.3) is 0 Å². The van der Waals surface area contributed by atoms with Crippen LogP contribution in [-0.2, 0) is 26.0 Å². The summed E-state index contributed by atoms with van der Waals surface area (Å²) >= 11 is 0. The molecule has 2 aromatic rings. The number of aryl methyl sites for hydroxylation is 2. The topological polar surface area (TPSA) is 86.8 Å². The van der Waals surface area contributed by atoms with Crippen LogP contribution in [0.3, 0.4) is 0 Å². The van der Waals surface area contributed by atoms with Crippen molar-refractivity contribution in [3.63, 3.8) is 0 Å². The number of rotatable bonds is 14. The number of amides is 2. The van der Waals surface area contributed by atoms with Gasteiger partial charge in [0.05, 0.1) is 11.9 Å². The second-order valence-electron chi connectivity index (χ2n) is 10.1. The molecule has 2 amide bonds. The van der Waals surface area contributed by atoms with Gasteiger partial charge in [-0.25, -0.2) is 8.42 Å². The molecule has 0 radical (unpaired) electrons. The highest BCUT2D eigenvalue weighted by Crippen LogP contribution is 2.24. The number of carbonyl (C=O) groups is 2. The molecule has 0 spiro atoms. The third kappa shape index (κ3) is 9.50. The van der Waals surface area contributed by atoms with E-state index in [1.807, 2.05) is 83.1 Å². The van der Waals surface area contributed by atoms with Crippen molar-refractivity contribution in [3.05, 3.63) is 65.2 Å². The molecule has 0 aliphatic carbocycles. The van der Waals surface area contributed by atoms with E-state index in [-0.39, 0.29) is 24.8 Å². The summed E-state index contributed by atoms with van der Waals surface area (Å²) in [6.45, 7) is 10.9. The minimum Gasteiger partial charge on any atom is -0.354 e. The van der Waals surface area contributed by atoms with Crippen molar-refractivity contribution in [2.75, 3.05) is 30.2 Å². The van der Waals surface area contributed by atoms with Crippen LogP contribution in [0.2, 0.25) is 0 Å². The molecule has 204 valence electrons. The highest BCUT2D eigenvalue weighted by molar-refractivity contribution is 7.92. The van der Waals surface area contributed by atoms with Crippen LogP contribution in [0.5, 0.6) is 0 Å². The molecule has 0 fully saturated rings. The van der Waals surface area contributed by atoms with Crippen LogP contribution in [0, 0.1) is 19.8 Å². The lowest BCUT2D eigenvalue weighted by molar-refractivity contribution is -0.140. The average Bonchev–Trinajstić information content (AvgIpc) is 2.84. The largest absolute Gasteiger partial charge is 0.354 e. The van der Waals surface area contributed by atoms with E-state index < -0.39 is 16.1 Å². The molecule has 8 heteroatoms. The molecule has 0 bridgehead atoms. The molecule has 0 aromatic heterocycles. The quantitative estimate of drug-likeness (QED) is 0.391. The fraction of sp³-hybridized carbons (Fsp3) is 0.517. The van der Waals surface area contributed by atoms with E-state index >= 15 is 0 Å². The highest BCUT2D eigenvalue weighted by Gasteiger charge is 2.28. The Bertz CT molecular complexity index is 1130. The van der Waals surface area contributed by atoms with Gasteiger partial charge in [0, 0.05) is 26.1 Å². The van der Waals surface area contributed by atoms with Gasteiger partial charge in [0.2, 0.25) is 21.8 Å². The third-order valence-corrected chi connectivity index (χ3v) is 7.52. The van der Waals surface area contributed by atoms with Gasteiger partial charge in [0.15, 0.2) is 0 Å². The van der Waals surface area contributed by atoms with E-state index in [1.165, 1.54) is 10.6 Å². The van der Waals surface area contributed by atoms with Crippen LogP contribution in [0.4, 0.5) is 5.69 Å². The fourth-order valence-electron chi connectivity index (χ4n) is 4.29. The molecule has 0 aliphatic rings.